The van der Waals surface area contributed by atoms with Crippen molar-refractivity contribution in [3.05, 3.63) is 50.5 Å². The summed E-state index contributed by atoms with van der Waals surface area (Å²) in [5.74, 6) is 1.39. The highest BCUT2D eigenvalue weighted by Gasteiger charge is 2.11. The van der Waals surface area contributed by atoms with E-state index in [2.05, 4.69) is 15.9 Å². The maximum Gasteiger partial charge on any atom is 0.227 e. The molecule has 1 N–H and O–H groups in total. The number of ether oxygens (including phenoxy) is 3. The first kappa shape index (κ1) is 16.4. The van der Waals surface area contributed by atoms with Gasteiger partial charge in [-0.2, -0.15) is 0 Å². The zero-order chi connectivity index (χ0) is 16.1. The highest BCUT2D eigenvalue weighted by Crippen LogP contribution is 2.36. The Morgan fingerprint density at radius 3 is 2.55 bits per heavy atom. The van der Waals surface area contributed by atoms with E-state index in [1.54, 1.807) is 13.2 Å². The number of hydrogen-bond donors (Lipinski definition) is 1. The molecule has 0 bridgehead atoms. The van der Waals surface area contributed by atoms with Crippen LogP contribution in [0.25, 0.3) is 0 Å². The molecule has 1 aromatic carbocycles. The second kappa shape index (κ2) is 7.33. The van der Waals surface area contributed by atoms with Crippen LogP contribution in [0.15, 0.2) is 38.1 Å². The molecule has 0 spiro atoms. The molecule has 22 heavy (non-hydrogen) atoms. The zero-order valence-electron chi connectivity index (χ0n) is 12.1. The molecule has 0 aliphatic rings. The standard InChI is InChI=1S/C15H15BrO6/c1-19-13-4-9(3-11(16)15(13)20-2)7-22-14-8-21-10(6-17)5-12(14)18/h3-5,8,17H,6-7H2,1-2H3. The maximum absolute atomic E-state index is 11.8. The fourth-order valence-electron chi connectivity index (χ4n) is 1.84. The Balaban J connectivity index is 2.18. The molecular formula is C15H15BrO6. The van der Waals surface area contributed by atoms with Gasteiger partial charge in [-0.15, -0.1) is 0 Å². The van der Waals surface area contributed by atoms with Crippen LogP contribution in [0.3, 0.4) is 0 Å². The van der Waals surface area contributed by atoms with Gasteiger partial charge in [0.2, 0.25) is 11.2 Å². The van der Waals surface area contributed by atoms with Gasteiger partial charge in [-0.05, 0) is 33.6 Å². The van der Waals surface area contributed by atoms with E-state index >= 15 is 0 Å². The molecule has 0 amide bonds. The third-order valence-electron chi connectivity index (χ3n) is 2.90. The average Bonchev–Trinajstić information content (AvgIpc) is 2.52. The minimum absolute atomic E-state index is 0.0723. The van der Waals surface area contributed by atoms with E-state index in [4.69, 9.17) is 23.7 Å². The van der Waals surface area contributed by atoms with Crippen LogP contribution in [0.2, 0.25) is 0 Å². The molecule has 6 nitrogen and oxygen atoms in total. The summed E-state index contributed by atoms with van der Waals surface area (Å²) in [6.45, 7) is -0.180. The van der Waals surface area contributed by atoms with E-state index in [-0.39, 0.29) is 30.2 Å². The lowest BCUT2D eigenvalue weighted by atomic mass is 10.2. The summed E-state index contributed by atoms with van der Waals surface area (Å²) < 4.78 is 21.7. The normalized spacial score (nSPS) is 10.4. The summed E-state index contributed by atoms with van der Waals surface area (Å²) in [4.78, 5) is 11.8. The molecule has 0 unspecified atom stereocenters. The zero-order valence-corrected chi connectivity index (χ0v) is 13.7. The van der Waals surface area contributed by atoms with Crippen LogP contribution in [0.4, 0.5) is 0 Å². The van der Waals surface area contributed by atoms with Crippen LogP contribution < -0.4 is 19.6 Å². The smallest absolute Gasteiger partial charge is 0.227 e. The predicted molar refractivity (Wildman–Crippen MR) is 82.5 cm³/mol. The van der Waals surface area contributed by atoms with Gasteiger partial charge in [0.1, 0.15) is 25.2 Å². The van der Waals surface area contributed by atoms with Crippen molar-refractivity contribution >= 4 is 15.9 Å². The Kier molecular flexibility index (Phi) is 5.46. The van der Waals surface area contributed by atoms with Crippen molar-refractivity contribution in [1.29, 1.82) is 0 Å². The first-order chi connectivity index (χ1) is 10.6. The van der Waals surface area contributed by atoms with Gasteiger partial charge in [0, 0.05) is 6.07 Å². The number of aliphatic hydroxyl groups excluding tert-OH is 1. The summed E-state index contributed by atoms with van der Waals surface area (Å²) in [6, 6.07) is 4.76. The van der Waals surface area contributed by atoms with Gasteiger partial charge in [-0.3, -0.25) is 4.79 Å². The predicted octanol–water partition coefficient (Wildman–Crippen LogP) is 2.49. The second-order valence-electron chi connectivity index (χ2n) is 4.33. The van der Waals surface area contributed by atoms with Crippen LogP contribution in [0, 0.1) is 0 Å². The van der Waals surface area contributed by atoms with Crippen molar-refractivity contribution < 1.29 is 23.7 Å². The average molecular weight is 371 g/mol. The molecule has 1 aromatic heterocycles. The third kappa shape index (κ3) is 3.61. The monoisotopic (exact) mass is 370 g/mol. The van der Waals surface area contributed by atoms with Crippen molar-refractivity contribution in [2.45, 2.75) is 13.2 Å². The topological polar surface area (TPSA) is 78.1 Å². The van der Waals surface area contributed by atoms with Crippen LogP contribution >= 0.6 is 15.9 Å². The highest BCUT2D eigenvalue weighted by atomic mass is 79.9. The van der Waals surface area contributed by atoms with Crippen LogP contribution in [-0.2, 0) is 13.2 Å². The lowest BCUT2D eigenvalue weighted by molar-refractivity contribution is 0.236. The van der Waals surface area contributed by atoms with E-state index in [0.717, 1.165) is 10.0 Å². The molecule has 1 heterocycles. The van der Waals surface area contributed by atoms with Gasteiger partial charge in [0.05, 0.1) is 18.7 Å². The number of benzene rings is 1. The van der Waals surface area contributed by atoms with Gasteiger partial charge in [0.25, 0.3) is 0 Å². The molecule has 118 valence electrons. The maximum atomic E-state index is 11.8. The van der Waals surface area contributed by atoms with E-state index in [1.807, 2.05) is 6.07 Å². The fourth-order valence-corrected chi connectivity index (χ4v) is 2.49. The third-order valence-corrected chi connectivity index (χ3v) is 3.48. The van der Waals surface area contributed by atoms with E-state index < -0.39 is 0 Å². The van der Waals surface area contributed by atoms with Gasteiger partial charge < -0.3 is 23.7 Å². The van der Waals surface area contributed by atoms with E-state index in [1.165, 1.54) is 19.4 Å². The number of rotatable bonds is 6. The lowest BCUT2D eigenvalue weighted by Gasteiger charge is -2.12. The molecule has 2 rings (SSSR count). The minimum atomic E-state index is -0.352. The molecule has 2 aromatic rings. The summed E-state index contributed by atoms with van der Waals surface area (Å²) >= 11 is 3.39. The van der Waals surface area contributed by atoms with Gasteiger partial charge in [-0.25, -0.2) is 0 Å². The Bertz CT molecular complexity index is 710. The van der Waals surface area contributed by atoms with Crippen molar-refractivity contribution in [3.63, 3.8) is 0 Å². The van der Waals surface area contributed by atoms with Crippen molar-refractivity contribution in [1.82, 2.24) is 0 Å². The highest BCUT2D eigenvalue weighted by molar-refractivity contribution is 9.10. The summed E-state index contributed by atoms with van der Waals surface area (Å²) in [5.41, 5.74) is 0.435. The van der Waals surface area contributed by atoms with Crippen molar-refractivity contribution in [2.24, 2.45) is 0 Å². The van der Waals surface area contributed by atoms with E-state index in [0.29, 0.717) is 11.5 Å². The molecule has 0 saturated heterocycles. The quantitative estimate of drug-likeness (QED) is 0.841. The Hall–Kier alpha value is -1.99. The lowest BCUT2D eigenvalue weighted by Crippen LogP contribution is -2.08. The molecular weight excluding hydrogens is 356 g/mol. The summed E-state index contributed by atoms with van der Waals surface area (Å²) in [7, 11) is 3.09. The van der Waals surface area contributed by atoms with Gasteiger partial charge in [0.15, 0.2) is 11.5 Å². The van der Waals surface area contributed by atoms with Crippen molar-refractivity contribution in [3.8, 4) is 17.2 Å². The van der Waals surface area contributed by atoms with Gasteiger partial charge >= 0.3 is 0 Å². The number of aliphatic hydroxyl groups is 1. The van der Waals surface area contributed by atoms with Crippen LogP contribution in [-0.4, -0.2) is 19.3 Å². The Labute approximate surface area is 135 Å². The molecule has 0 aliphatic heterocycles. The Morgan fingerprint density at radius 2 is 1.95 bits per heavy atom. The van der Waals surface area contributed by atoms with Crippen LogP contribution in [0.1, 0.15) is 11.3 Å². The minimum Gasteiger partial charge on any atom is -0.493 e. The second-order valence-corrected chi connectivity index (χ2v) is 5.19. The van der Waals surface area contributed by atoms with Crippen molar-refractivity contribution in [2.75, 3.05) is 14.2 Å². The molecule has 0 radical (unpaired) electrons. The number of hydrogen-bond acceptors (Lipinski definition) is 6. The van der Waals surface area contributed by atoms with Crippen LogP contribution in [0.5, 0.6) is 17.2 Å². The molecule has 0 fully saturated rings. The SMILES string of the molecule is COc1cc(COc2coc(CO)cc2=O)cc(Br)c1OC. The van der Waals surface area contributed by atoms with E-state index in [9.17, 15) is 4.79 Å². The molecule has 0 atom stereocenters. The summed E-state index contributed by atoms with van der Waals surface area (Å²) in [5, 5.41) is 8.89. The van der Waals surface area contributed by atoms with Gasteiger partial charge in [-0.1, -0.05) is 0 Å². The number of methoxy groups -OCH3 is 2. The fraction of sp³-hybridized carbons (Fsp3) is 0.267. The molecule has 0 aliphatic carbocycles. The Morgan fingerprint density at radius 1 is 1.18 bits per heavy atom. The number of halogens is 1. The molecule has 0 saturated carbocycles. The first-order valence-electron chi connectivity index (χ1n) is 6.34. The largest absolute Gasteiger partial charge is 0.493 e. The molecule has 7 heteroatoms. The summed E-state index contributed by atoms with van der Waals surface area (Å²) in [6.07, 6.45) is 1.18. The first-order valence-corrected chi connectivity index (χ1v) is 7.14.